The summed E-state index contributed by atoms with van der Waals surface area (Å²) in [6.07, 6.45) is 3.03. The van der Waals surface area contributed by atoms with Crippen LogP contribution in [0.15, 0.2) is 23.3 Å². The molecule has 2 rings (SSSR count). The lowest BCUT2D eigenvalue weighted by molar-refractivity contribution is 0.678. The summed E-state index contributed by atoms with van der Waals surface area (Å²) in [5.41, 5.74) is 6.75. The van der Waals surface area contributed by atoms with Crippen LogP contribution in [0.25, 0.3) is 0 Å². The van der Waals surface area contributed by atoms with Crippen molar-refractivity contribution in [2.24, 2.45) is 0 Å². The van der Waals surface area contributed by atoms with Gasteiger partial charge in [0, 0.05) is 11.8 Å². The fourth-order valence-electron chi connectivity index (χ4n) is 1.56. The second kappa shape index (κ2) is 4.32. The predicted octanol–water partition coefficient (Wildman–Crippen LogP) is 0.281. The van der Waals surface area contributed by atoms with Gasteiger partial charge in [-0.3, -0.25) is 14.3 Å². The summed E-state index contributed by atoms with van der Waals surface area (Å²) in [5, 5.41) is 0. The van der Waals surface area contributed by atoms with E-state index in [0.29, 0.717) is 29.6 Å². The van der Waals surface area contributed by atoms with E-state index in [-0.39, 0.29) is 5.56 Å². The minimum absolute atomic E-state index is 0.0892. The molecule has 0 aliphatic carbocycles. The fourth-order valence-corrected chi connectivity index (χ4v) is 1.56. The van der Waals surface area contributed by atoms with Gasteiger partial charge < -0.3 is 5.73 Å². The minimum Gasteiger partial charge on any atom is -0.382 e. The molecular weight excluding hydrogens is 218 g/mol. The van der Waals surface area contributed by atoms with Crippen LogP contribution in [0.5, 0.6) is 0 Å². The second-order valence-corrected chi connectivity index (χ2v) is 3.80. The van der Waals surface area contributed by atoms with Crippen molar-refractivity contribution >= 4 is 5.82 Å². The Labute approximate surface area is 98.2 Å². The number of aromatic nitrogens is 4. The van der Waals surface area contributed by atoms with Gasteiger partial charge in [0.25, 0.3) is 5.56 Å². The van der Waals surface area contributed by atoms with Crippen molar-refractivity contribution in [2.45, 2.75) is 20.4 Å². The Balaban J connectivity index is 2.36. The molecule has 0 amide bonds. The molecule has 0 radical (unpaired) electrons. The third kappa shape index (κ3) is 2.47. The Kier molecular flexibility index (Phi) is 2.86. The van der Waals surface area contributed by atoms with Gasteiger partial charge >= 0.3 is 0 Å². The molecule has 0 aliphatic heterocycles. The SMILES string of the molecule is Cc1cc(=O)n(Cc2cnc(N)cn2)c(C)n1. The Morgan fingerprint density at radius 3 is 2.65 bits per heavy atom. The zero-order chi connectivity index (χ0) is 12.4. The summed E-state index contributed by atoms with van der Waals surface area (Å²) in [7, 11) is 0. The first kappa shape index (κ1) is 11.3. The van der Waals surface area contributed by atoms with Crippen molar-refractivity contribution in [1.29, 1.82) is 0 Å². The molecule has 0 saturated heterocycles. The van der Waals surface area contributed by atoms with Crippen LogP contribution in [-0.4, -0.2) is 19.5 Å². The van der Waals surface area contributed by atoms with Crippen molar-refractivity contribution in [1.82, 2.24) is 19.5 Å². The third-order valence-electron chi connectivity index (χ3n) is 2.37. The topological polar surface area (TPSA) is 86.7 Å². The molecule has 0 saturated carbocycles. The van der Waals surface area contributed by atoms with Gasteiger partial charge in [-0.1, -0.05) is 0 Å². The summed E-state index contributed by atoms with van der Waals surface area (Å²) >= 11 is 0. The van der Waals surface area contributed by atoms with E-state index in [9.17, 15) is 4.79 Å². The first-order valence-electron chi connectivity index (χ1n) is 5.18. The van der Waals surface area contributed by atoms with Gasteiger partial charge in [0.15, 0.2) is 0 Å². The Hall–Kier alpha value is -2.24. The van der Waals surface area contributed by atoms with Crippen LogP contribution in [0.3, 0.4) is 0 Å². The molecule has 2 heterocycles. The maximum Gasteiger partial charge on any atom is 0.254 e. The number of hydrogen-bond acceptors (Lipinski definition) is 5. The van der Waals surface area contributed by atoms with Crippen molar-refractivity contribution < 1.29 is 0 Å². The lowest BCUT2D eigenvalue weighted by atomic mass is 10.4. The van der Waals surface area contributed by atoms with Gasteiger partial charge in [0.05, 0.1) is 24.6 Å². The van der Waals surface area contributed by atoms with Crippen LogP contribution < -0.4 is 11.3 Å². The van der Waals surface area contributed by atoms with E-state index in [0.717, 1.165) is 0 Å². The van der Waals surface area contributed by atoms with Crippen LogP contribution in [0.2, 0.25) is 0 Å². The van der Waals surface area contributed by atoms with Gasteiger partial charge in [0.2, 0.25) is 0 Å². The molecule has 0 bridgehead atoms. The molecule has 0 aliphatic rings. The third-order valence-corrected chi connectivity index (χ3v) is 2.37. The van der Waals surface area contributed by atoms with E-state index >= 15 is 0 Å². The zero-order valence-electron chi connectivity index (χ0n) is 9.71. The number of hydrogen-bond donors (Lipinski definition) is 1. The monoisotopic (exact) mass is 231 g/mol. The standard InChI is InChI=1S/C11H13N5O/c1-7-3-11(17)16(8(2)15-7)6-9-4-14-10(12)5-13-9/h3-5H,6H2,1-2H3,(H2,12,14). The van der Waals surface area contributed by atoms with E-state index in [1.807, 2.05) is 0 Å². The summed E-state index contributed by atoms with van der Waals surface area (Å²) in [6.45, 7) is 3.94. The minimum atomic E-state index is -0.0892. The molecule has 6 heteroatoms. The van der Waals surface area contributed by atoms with Gasteiger partial charge in [-0.15, -0.1) is 0 Å². The number of nitrogens with zero attached hydrogens (tertiary/aromatic N) is 4. The average Bonchev–Trinajstić information content (AvgIpc) is 2.26. The number of nitrogens with two attached hydrogens (primary N) is 1. The number of aryl methyl sites for hydroxylation is 2. The molecule has 17 heavy (non-hydrogen) atoms. The number of anilines is 1. The van der Waals surface area contributed by atoms with Crippen LogP contribution >= 0.6 is 0 Å². The smallest absolute Gasteiger partial charge is 0.254 e. The largest absolute Gasteiger partial charge is 0.382 e. The lowest BCUT2D eigenvalue weighted by Crippen LogP contribution is -2.24. The normalized spacial score (nSPS) is 10.5. The molecule has 0 fully saturated rings. The highest BCUT2D eigenvalue weighted by Gasteiger charge is 2.04. The fraction of sp³-hybridized carbons (Fsp3) is 0.273. The molecule has 0 unspecified atom stereocenters. The predicted molar refractivity (Wildman–Crippen MR) is 63.5 cm³/mol. The molecule has 2 aromatic heterocycles. The highest BCUT2D eigenvalue weighted by atomic mass is 16.1. The first-order valence-corrected chi connectivity index (χ1v) is 5.18. The number of rotatable bonds is 2. The van der Waals surface area contributed by atoms with E-state index in [4.69, 9.17) is 5.73 Å². The molecule has 88 valence electrons. The van der Waals surface area contributed by atoms with Gasteiger partial charge in [0.1, 0.15) is 11.6 Å². The van der Waals surface area contributed by atoms with E-state index in [2.05, 4.69) is 15.0 Å². The average molecular weight is 231 g/mol. The maximum atomic E-state index is 11.8. The molecule has 0 aromatic carbocycles. The van der Waals surface area contributed by atoms with Gasteiger partial charge in [-0.05, 0) is 13.8 Å². The Bertz CT molecular complexity index is 588. The first-order chi connectivity index (χ1) is 8.06. The summed E-state index contributed by atoms with van der Waals surface area (Å²) < 4.78 is 1.55. The lowest BCUT2D eigenvalue weighted by Gasteiger charge is -2.08. The summed E-state index contributed by atoms with van der Waals surface area (Å²) in [6, 6.07) is 1.50. The van der Waals surface area contributed by atoms with Crippen LogP contribution in [0, 0.1) is 13.8 Å². The number of nitrogen functional groups attached to an aromatic ring is 1. The van der Waals surface area contributed by atoms with Crippen LogP contribution in [0.1, 0.15) is 17.2 Å². The highest BCUT2D eigenvalue weighted by molar-refractivity contribution is 5.22. The molecule has 2 aromatic rings. The van der Waals surface area contributed by atoms with E-state index in [1.54, 1.807) is 24.6 Å². The van der Waals surface area contributed by atoms with E-state index in [1.165, 1.54) is 12.3 Å². The van der Waals surface area contributed by atoms with Gasteiger partial charge in [-0.2, -0.15) is 0 Å². The second-order valence-electron chi connectivity index (χ2n) is 3.80. The quantitative estimate of drug-likeness (QED) is 0.802. The van der Waals surface area contributed by atoms with Crippen molar-refractivity contribution in [3.05, 3.63) is 46.0 Å². The van der Waals surface area contributed by atoms with Crippen molar-refractivity contribution in [3.8, 4) is 0 Å². The van der Waals surface area contributed by atoms with Gasteiger partial charge in [-0.25, -0.2) is 9.97 Å². The summed E-state index contributed by atoms with van der Waals surface area (Å²) in [4.78, 5) is 24.1. The summed E-state index contributed by atoms with van der Waals surface area (Å²) in [5.74, 6) is 1.02. The molecule has 0 atom stereocenters. The maximum absolute atomic E-state index is 11.8. The Morgan fingerprint density at radius 1 is 1.29 bits per heavy atom. The van der Waals surface area contributed by atoms with Crippen molar-refractivity contribution in [2.75, 3.05) is 5.73 Å². The van der Waals surface area contributed by atoms with Crippen LogP contribution in [0.4, 0.5) is 5.82 Å². The van der Waals surface area contributed by atoms with E-state index < -0.39 is 0 Å². The molecule has 6 nitrogen and oxygen atoms in total. The van der Waals surface area contributed by atoms with Crippen LogP contribution in [-0.2, 0) is 6.54 Å². The Morgan fingerprint density at radius 2 is 2.06 bits per heavy atom. The highest BCUT2D eigenvalue weighted by Crippen LogP contribution is 2.00. The molecule has 2 N–H and O–H groups in total. The molecular formula is C11H13N5O. The zero-order valence-corrected chi connectivity index (χ0v) is 9.71. The van der Waals surface area contributed by atoms with Crippen molar-refractivity contribution in [3.63, 3.8) is 0 Å². The molecule has 0 spiro atoms.